The van der Waals surface area contributed by atoms with Crippen LogP contribution in [0.25, 0.3) is 5.69 Å². The van der Waals surface area contributed by atoms with Gasteiger partial charge in [0.25, 0.3) is 11.5 Å². The van der Waals surface area contributed by atoms with E-state index in [1.165, 1.54) is 0 Å². The fourth-order valence-electron chi connectivity index (χ4n) is 2.34. The molecule has 2 N–H and O–H groups in total. The third kappa shape index (κ3) is 3.30. The van der Waals surface area contributed by atoms with E-state index in [-0.39, 0.29) is 11.4 Å². The molecule has 0 aliphatic rings. The number of halogens is 2. The Kier molecular flexibility index (Phi) is 4.49. The molecule has 132 valence electrons. The molecule has 3 aromatic rings. The Hall–Kier alpha value is -3.55. The summed E-state index contributed by atoms with van der Waals surface area (Å²) < 4.78 is 27.4. The van der Waals surface area contributed by atoms with E-state index in [9.17, 15) is 23.2 Å². The number of H-pyrrole nitrogens is 1. The number of nitrogens with one attached hydrogen (secondary N) is 2. The minimum absolute atomic E-state index is 0.282. The number of rotatable bonds is 3. The maximum Gasteiger partial charge on any atom is 0.333 e. The first-order valence-electron chi connectivity index (χ1n) is 7.55. The van der Waals surface area contributed by atoms with Crippen molar-refractivity contribution in [2.45, 2.75) is 6.92 Å². The number of benzene rings is 2. The van der Waals surface area contributed by atoms with Gasteiger partial charge in [-0.05, 0) is 31.2 Å². The van der Waals surface area contributed by atoms with Crippen LogP contribution < -0.4 is 16.6 Å². The highest BCUT2D eigenvalue weighted by Gasteiger charge is 2.17. The van der Waals surface area contributed by atoms with Crippen molar-refractivity contribution in [3.8, 4) is 5.69 Å². The maximum atomic E-state index is 13.7. The number of aryl methyl sites for hydroxylation is 1. The molecule has 26 heavy (non-hydrogen) atoms. The van der Waals surface area contributed by atoms with Gasteiger partial charge in [0.2, 0.25) is 0 Å². The first kappa shape index (κ1) is 17.3. The van der Waals surface area contributed by atoms with E-state index >= 15 is 0 Å². The zero-order valence-electron chi connectivity index (χ0n) is 13.5. The zero-order chi connectivity index (χ0) is 18.8. The summed E-state index contributed by atoms with van der Waals surface area (Å²) in [5, 5.41) is 2.19. The average Bonchev–Trinajstić information content (AvgIpc) is 2.59. The SMILES string of the molecule is Cc1ccc(-n2c(=O)[nH]cc(C(=O)Nc3ccc(F)cc3F)c2=O)cc1. The van der Waals surface area contributed by atoms with Crippen molar-refractivity contribution in [2.24, 2.45) is 0 Å². The molecule has 0 bridgehead atoms. The molecule has 0 aliphatic heterocycles. The van der Waals surface area contributed by atoms with E-state index < -0.39 is 34.4 Å². The highest BCUT2D eigenvalue weighted by Crippen LogP contribution is 2.15. The highest BCUT2D eigenvalue weighted by atomic mass is 19.1. The van der Waals surface area contributed by atoms with Crippen LogP contribution in [0, 0.1) is 18.6 Å². The average molecular weight is 357 g/mol. The molecule has 0 unspecified atom stereocenters. The molecule has 6 nitrogen and oxygen atoms in total. The molecule has 1 amide bonds. The fraction of sp³-hybridized carbons (Fsp3) is 0.0556. The number of carbonyl (C=O) groups is 1. The number of carbonyl (C=O) groups excluding carboxylic acids is 1. The third-order valence-corrected chi connectivity index (χ3v) is 3.69. The monoisotopic (exact) mass is 357 g/mol. The molecule has 8 heteroatoms. The van der Waals surface area contributed by atoms with Crippen LogP contribution in [0.5, 0.6) is 0 Å². The van der Waals surface area contributed by atoms with Crippen LogP contribution in [0.15, 0.2) is 58.3 Å². The minimum atomic E-state index is -0.985. The maximum absolute atomic E-state index is 13.7. The summed E-state index contributed by atoms with van der Waals surface area (Å²) in [4.78, 5) is 39.2. The molecular formula is C18H13F2N3O3. The van der Waals surface area contributed by atoms with Crippen LogP contribution in [0.1, 0.15) is 15.9 Å². The predicted molar refractivity (Wildman–Crippen MR) is 91.7 cm³/mol. The zero-order valence-corrected chi connectivity index (χ0v) is 13.5. The van der Waals surface area contributed by atoms with Crippen LogP contribution in [0.2, 0.25) is 0 Å². The molecular weight excluding hydrogens is 344 g/mol. The van der Waals surface area contributed by atoms with Crippen LogP contribution in [-0.2, 0) is 0 Å². The number of hydrogen-bond donors (Lipinski definition) is 2. The van der Waals surface area contributed by atoms with Crippen molar-refractivity contribution >= 4 is 11.6 Å². The molecule has 3 rings (SSSR count). The summed E-state index contributed by atoms with van der Waals surface area (Å²) in [6.07, 6.45) is 0.951. The van der Waals surface area contributed by atoms with Crippen LogP contribution in [0.3, 0.4) is 0 Å². The van der Waals surface area contributed by atoms with Crippen molar-refractivity contribution in [1.29, 1.82) is 0 Å². The number of nitrogens with zero attached hydrogens (tertiary/aromatic N) is 1. The van der Waals surface area contributed by atoms with Gasteiger partial charge >= 0.3 is 5.69 Å². The number of aromatic amines is 1. The van der Waals surface area contributed by atoms with Gasteiger partial charge in [0.1, 0.15) is 17.2 Å². The minimum Gasteiger partial charge on any atom is -0.319 e. The number of amides is 1. The lowest BCUT2D eigenvalue weighted by atomic mass is 10.2. The van der Waals surface area contributed by atoms with Gasteiger partial charge in [-0.25, -0.2) is 18.1 Å². The first-order valence-corrected chi connectivity index (χ1v) is 7.55. The topological polar surface area (TPSA) is 84.0 Å². The second kappa shape index (κ2) is 6.75. The van der Waals surface area contributed by atoms with E-state index in [2.05, 4.69) is 10.3 Å². The molecule has 1 aromatic heterocycles. The normalized spacial score (nSPS) is 10.6. The second-order valence-corrected chi connectivity index (χ2v) is 5.56. The molecule has 0 aliphatic carbocycles. The van der Waals surface area contributed by atoms with E-state index in [1.807, 2.05) is 6.92 Å². The molecule has 0 spiro atoms. The van der Waals surface area contributed by atoms with Crippen LogP contribution in [-0.4, -0.2) is 15.5 Å². The van der Waals surface area contributed by atoms with E-state index in [4.69, 9.17) is 0 Å². The Labute approximate surface area is 145 Å². The predicted octanol–water partition coefficient (Wildman–Crippen LogP) is 2.36. The van der Waals surface area contributed by atoms with Crippen molar-refractivity contribution in [1.82, 2.24) is 9.55 Å². The first-order chi connectivity index (χ1) is 12.4. The number of anilines is 1. The summed E-state index contributed by atoms with van der Waals surface area (Å²) in [6.45, 7) is 1.85. The van der Waals surface area contributed by atoms with Gasteiger partial charge in [-0.2, -0.15) is 0 Å². The van der Waals surface area contributed by atoms with Crippen molar-refractivity contribution in [3.05, 3.63) is 92.3 Å². The van der Waals surface area contributed by atoms with Gasteiger partial charge in [0, 0.05) is 12.3 Å². The Morgan fingerprint density at radius 2 is 1.77 bits per heavy atom. The second-order valence-electron chi connectivity index (χ2n) is 5.56. The molecule has 0 radical (unpaired) electrons. The van der Waals surface area contributed by atoms with Gasteiger partial charge in [0.05, 0.1) is 11.4 Å². The molecule has 2 aromatic carbocycles. The van der Waals surface area contributed by atoms with Crippen molar-refractivity contribution in [3.63, 3.8) is 0 Å². The van der Waals surface area contributed by atoms with E-state index in [0.29, 0.717) is 6.07 Å². The van der Waals surface area contributed by atoms with Gasteiger partial charge in [-0.15, -0.1) is 0 Å². The Bertz CT molecular complexity index is 1100. The van der Waals surface area contributed by atoms with Gasteiger partial charge in [-0.3, -0.25) is 9.59 Å². The Morgan fingerprint density at radius 3 is 2.42 bits per heavy atom. The molecule has 1 heterocycles. The lowest BCUT2D eigenvalue weighted by Gasteiger charge is -2.09. The fourth-order valence-corrected chi connectivity index (χ4v) is 2.34. The van der Waals surface area contributed by atoms with Gasteiger partial charge < -0.3 is 10.3 Å². The lowest BCUT2D eigenvalue weighted by Crippen LogP contribution is -2.38. The summed E-state index contributed by atoms with van der Waals surface area (Å²) in [5.41, 5.74) is -1.05. The molecule has 0 atom stereocenters. The van der Waals surface area contributed by atoms with E-state index in [0.717, 1.165) is 28.5 Å². The Morgan fingerprint density at radius 1 is 1.08 bits per heavy atom. The van der Waals surface area contributed by atoms with Crippen molar-refractivity contribution < 1.29 is 13.6 Å². The third-order valence-electron chi connectivity index (χ3n) is 3.69. The summed E-state index contributed by atoms with van der Waals surface area (Å²) >= 11 is 0. The smallest absolute Gasteiger partial charge is 0.319 e. The Balaban J connectivity index is 2.02. The number of hydrogen-bond acceptors (Lipinski definition) is 3. The molecule has 0 saturated heterocycles. The quantitative estimate of drug-likeness (QED) is 0.755. The van der Waals surface area contributed by atoms with Crippen LogP contribution >= 0.6 is 0 Å². The molecule has 0 saturated carbocycles. The number of aromatic nitrogens is 2. The van der Waals surface area contributed by atoms with Gasteiger partial charge in [0.15, 0.2) is 0 Å². The summed E-state index contributed by atoms with van der Waals surface area (Å²) in [7, 11) is 0. The standard InChI is InChI=1S/C18H13F2N3O3/c1-10-2-5-12(6-3-10)23-17(25)13(9-21-18(23)26)16(24)22-15-7-4-11(19)8-14(15)20/h2-9H,1H3,(H,21,26)(H,22,24). The largest absolute Gasteiger partial charge is 0.333 e. The summed E-state index contributed by atoms with van der Waals surface area (Å²) in [6, 6.07) is 9.15. The van der Waals surface area contributed by atoms with Gasteiger partial charge in [-0.1, -0.05) is 17.7 Å². The van der Waals surface area contributed by atoms with Crippen LogP contribution in [0.4, 0.5) is 14.5 Å². The lowest BCUT2D eigenvalue weighted by molar-refractivity contribution is 0.102. The highest BCUT2D eigenvalue weighted by molar-refractivity contribution is 6.03. The van der Waals surface area contributed by atoms with Crippen molar-refractivity contribution in [2.75, 3.05) is 5.32 Å². The van der Waals surface area contributed by atoms with E-state index in [1.54, 1.807) is 24.3 Å². The molecule has 0 fully saturated rings. The summed E-state index contributed by atoms with van der Waals surface area (Å²) in [5.74, 6) is -2.72.